The lowest BCUT2D eigenvalue weighted by molar-refractivity contribution is 0.104. The van der Waals surface area contributed by atoms with Gasteiger partial charge in [-0.25, -0.2) is 14.8 Å². The first-order valence-corrected chi connectivity index (χ1v) is 9.38. The average Bonchev–Trinajstić information content (AvgIpc) is 3.22. The minimum Gasteiger partial charge on any atom is -0.450 e. The molecule has 0 radical (unpaired) electrons. The van der Waals surface area contributed by atoms with Crippen LogP contribution in [0.5, 0.6) is 0 Å². The van der Waals surface area contributed by atoms with Gasteiger partial charge < -0.3 is 19.5 Å². The fourth-order valence-corrected chi connectivity index (χ4v) is 3.57. The summed E-state index contributed by atoms with van der Waals surface area (Å²) in [5.74, 6) is 2.18. The topological polar surface area (TPSA) is 93.4 Å². The molecule has 8 nitrogen and oxygen atoms in total. The van der Waals surface area contributed by atoms with Gasteiger partial charge in [-0.2, -0.15) is 0 Å². The van der Waals surface area contributed by atoms with E-state index in [2.05, 4.69) is 20.4 Å². The van der Waals surface area contributed by atoms with E-state index < -0.39 is 0 Å². The molecule has 3 rings (SSSR count). The van der Waals surface area contributed by atoms with E-state index in [4.69, 9.17) is 9.26 Å². The summed E-state index contributed by atoms with van der Waals surface area (Å²) < 4.78 is 10.5. The van der Waals surface area contributed by atoms with Crippen LogP contribution in [0.3, 0.4) is 0 Å². The standard InChI is InChI=1S/C19H27N5O3/c1-6-26-19(25)24-9-7-8-15(24)10-20-18-11(2)17(21-14(5)22-18)16-12(3)23-27-13(16)4/h15H,6-10H2,1-5H3,(H,20,21,22)/t15-/m1/s1. The predicted molar refractivity (Wildman–Crippen MR) is 102 cm³/mol. The molecule has 1 atom stereocenters. The van der Waals surface area contributed by atoms with Crippen molar-refractivity contribution in [3.8, 4) is 11.3 Å². The molecule has 0 aromatic carbocycles. The van der Waals surface area contributed by atoms with E-state index in [9.17, 15) is 4.79 Å². The van der Waals surface area contributed by atoms with Crippen LogP contribution in [0.15, 0.2) is 4.52 Å². The molecule has 0 aliphatic carbocycles. The zero-order valence-corrected chi connectivity index (χ0v) is 16.6. The molecule has 1 aliphatic rings. The lowest BCUT2D eigenvalue weighted by atomic mass is 10.1. The number of nitrogens with zero attached hydrogens (tertiary/aromatic N) is 4. The Bertz CT molecular complexity index is 813. The van der Waals surface area contributed by atoms with Crippen LogP contribution in [0.1, 0.15) is 42.6 Å². The smallest absolute Gasteiger partial charge is 0.410 e. The minimum atomic E-state index is -0.242. The maximum atomic E-state index is 12.1. The third-order valence-electron chi connectivity index (χ3n) is 4.91. The zero-order valence-electron chi connectivity index (χ0n) is 16.6. The second-order valence-corrected chi connectivity index (χ2v) is 6.86. The molecule has 0 spiro atoms. The molecule has 8 heteroatoms. The van der Waals surface area contributed by atoms with Gasteiger partial charge in [-0.1, -0.05) is 5.16 Å². The van der Waals surface area contributed by atoms with Crippen LogP contribution in [0.25, 0.3) is 11.3 Å². The van der Waals surface area contributed by atoms with Gasteiger partial charge in [0.2, 0.25) is 0 Å². The number of amides is 1. The number of nitrogens with one attached hydrogen (secondary N) is 1. The Labute approximate surface area is 159 Å². The van der Waals surface area contributed by atoms with Gasteiger partial charge in [-0.15, -0.1) is 0 Å². The van der Waals surface area contributed by atoms with Crippen LogP contribution in [-0.2, 0) is 4.74 Å². The molecule has 27 heavy (non-hydrogen) atoms. The van der Waals surface area contributed by atoms with Crippen molar-refractivity contribution in [2.24, 2.45) is 0 Å². The molecule has 0 unspecified atom stereocenters. The minimum absolute atomic E-state index is 0.0984. The number of rotatable bonds is 5. The van der Waals surface area contributed by atoms with E-state index in [1.54, 1.807) is 4.90 Å². The molecule has 3 heterocycles. The number of carbonyl (C=O) groups is 1. The first-order chi connectivity index (χ1) is 12.9. The molecule has 1 N–H and O–H groups in total. The van der Waals surface area contributed by atoms with Crippen LogP contribution < -0.4 is 5.32 Å². The Morgan fingerprint density at radius 3 is 2.74 bits per heavy atom. The summed E-state index contributed by atoms with van der Waals surface area (Å²) in [5.41, 5.74) is 3.49. The first kappa shape index (κ1) is 19.1. The molecule has 0 bridgehead atoms. The van der Waals surface area contributed by atoms with Crippen molar-refractivity contribution >= 4 is 11.9 Å². The van der Waals surface area contributed by atoms with Crippen LogP contribution in [0.4, 0.5) is 10.6 Å². The molecule has 1 saturated heterocycles. The highest BCUT2D eigenvalue weighted by atomic mass is 16.6. The monoisotopic (exact) mass is 373 g/mol. The SMILES string of the molecule is CCOC(=O)N1CCC[C@@H]1CNc1nc(C)nc(-c2c(C)noc2C)c1C. The number of ether oxygens (including phenoxy) is 1. The molecule has 1 fully saturated rings. The molecule has 1 aliphatic heterocycles. The van der Waals surface area contributed by atoms with E-state index in [0.717, 1.165) is 53.5 Å². The zero-order chi connectivity index (χ0) is 19.6. The third kappa shape index (κ3) is 3.89. The Morgan fingerprint density at radius 2 is 2.07 bits per heavy atom. The predicted octanol–water partition coefficient (Wildman–Crippen LogP) is 3.40. The van der Waals surface area contributed by atoms with E-state index in [-0.39, 0.29) is 12.1 Å². The molecule has 146 valence electrons. The second kappa shape index (κ2) is 7.94. The number of hydrogen-bond acceptors (Lipinski definition) is 7. The number of anilines is 1. The Balaban J connectivity index is 1.81. The Morgan fingerprint density at radius 1 is 1.30 bits per heavy atom. The summed E-state index contributed by atoms with van der Waals surface area (Å²) in [4.78, 5) is 23.1. The molecule has 2 aromatic rings. The van der Waals surface area contributed by atoms with Crippen LogP contribution in [0.2, 0.25) is 0 Å². The van der Waals surface area contributed by atoms with E-state index >= 15 is 0 Å². The van der Waals surface area contributed by atoms with Crippen molar-refractivity contribution in [3.63, 3.8) is 0 Å². The van der Waals surface area contributed by atoms with Gasteiger partial charge in [-0.3, -0.25) is 0 Å². The van der Waals surface area contributed by atoms with Crippen molar-refractivity contribution in [1.82, 2.24) is 20.0 Å². The van der Waals surface area contributed by atoms with Gasteiger partial charge in [0.25, 0.3) is 0 Å². The third-order valence-corrected chi connectivity index (χ3v) is 4.91. The molecular weight excluding hydrogens is 346 g/mol. The van der Waals surface area contributed by atoms with E-state index in [1.165, 1.54) is 0 Å². The van der Waals surface area contributed by atoms with Gasteiger partial charge >= 0.3 is 6.09 Å². The van der Waals surface area contributed by atoms with Crippen molar-refractivity contribution in [2.75, 3.05) is 25.0 Å². The summed E-state index contributed by atoms with van der Waals surface area (Å²) >= 11 is 0. The number of aromatic nitrogens is 3. The molecule has 0 saturated carbocycles. The normalized spacial score (nSPS) is 16.6. The largest absolute Gasteiger partial charge is 0.450 e. The Kier molecular flexibility index (Phi) is 5.62. The lowest BCUT2D eigenvalue weighted by Crippen LogP contribution is -2.40. The highest BCUT2D eigenvalue weighted by molar-refractivity contribution is 5.71. The van der Waals surface area contributed by atoms with Gasteiger partial charge in [-0.05, 0) is 47.5 Å². The van der Waals surface area contributed by atoms with E-state index in [1.807, 2.05) is 34.6 Å². The summed E-state index contributed by atoms with van der Waals surface area (Å²) in [6.45, 7) is 11.2. The lowest BCUT2D eigenvalue weighted by Gasteiger charge is -2.24. The van der Waals surface area contributed by atoms with Crippen molar-refractivity contribution in [1.29, 1.82) is 0 Å². The number of aryl methyl sites for hydroxylation is 3. The molecular formula is C19H27N5O3. The molecule has 2 aromatic heterocycles. The fraction of sp³-hybridized carbons (Fsp3) is 0.579. The van der Waals surface area contributed by atoms with Crippen molar-refractivity contribution in [3.05, 3.63) is 22.8 Å². The fourth-order valence-electron chi connectivity index (χ4n) is 3.57. The second-order valence-electron chi connectivity index (χ2n) is 6.86. The summed E-state index contributed by atoms with van der Waals surface area (Å²) in [7, 11) is 0. The number of hydrogen-bond donors (Lipinski definition) is 1. The highest BCUT2D eigenvalue weighted by Crippen LogP contribution is 2.31. The highest BCUT2D eigenvalue weighted by Gasteiger charge is 2.30. The molecule has 1 amide bonds. The van der Waals surface area contributed by atoms with Crippen molar-refractivity contribution < 1.29 is 14.1 Å². The quantitative estimate of drug-likeness (QED) is 0.858. The van der Waals surface area contributed by atoms with E-state index in [0.29, 0.717) is 19.0 Å². The van der Waals surface area contributed by atoms with Crippen LogP contribution in [-0.4, -0.2) is 51.9 Å². The van der Waals surface area contributed by atoms with Gasteiger partial charge in [0.05, 0.1) is 29.6 Å². The van der Waals surface area contributed by atoms with Crippen molar-refractivity contribution in [2.45, 2.75) is 53.5 Å². The number of likely N-dealkylation sites (tertiary alicyclic amines) is 1. The maximum absolute atomic E-state index is 12.1. The number of carbonyl (C=O) groups excluding carboxylic acids is 1. The van der Waals surface area contributed by atoms with Crippen LogP contribution in [0, 0.1) is 27.7 Å². The summed E-state index contributed by atoms with van der Waals surface area (Å²) in [6, 6.07) is 0.0984. The van der Waals surface area contributed by atoms with Gasteiger partial charge in [0.15, 0.2) is 0 Å². The van der Waals surface area contributed by atoms with Crippen LogP contribution >= 0.6 is 0 Å². The average molecular weight is 373 g/mol. The first-order valence-electron chi connectivity index (χ1n) is 9.38. The van der Waals surface area contributed by atoms with Gasteiger partial charge in [0, 0.05) is 18.7 Å². The summed E-state index contributed by atoms with van der Waals surface area (Å²) in [5, 5.41) is 7.45. The Hall–Kier alpha value is -2.64. The maximum Gasteiger partial charge on any atom is 0.410 e. The van der Waals surface area contributed by atoms with Gasteiger partial charge in [0.1, 0.15) is 17.4 Å². The summed E-state index contributed by atoms with van der Waals surface area (Å²) in [6.07, 6.45) is 1.69.